The Balaban J connectivity index is 2.41. The minimum absolute atomic E-state index is 0.000370. The predicted octanol–water partition coefficient (Wildman–Crippen LogP) is 2.35. The number of hydrogen-bond acceptors (Lipinski definition) is 2. The van der Waals surface area contributed by atoms with E-state index in [0.29, 0.717) is 10.6 Å². The van der Waals surface area contributed by atoms with E-state index in [4.69, 9.17) is 12.2 Å². The van der Waals surface area contributed by atoms with Gasteiger partial charge in [-0.1, -0.05) is 6.07 Å². The Kier molecular flexibility index (Phi) is 2.82. The van der Waals surface area contributed by atoms with Crippen molar-refractivity contribution in [1.29, 1.82) is 0 Å². The molecule has 0 aliphatic carbocycles. The summed E-state index contributed by atoms with van der Waals surface area (Å²) in [5, 5.41) is 6.47. The van der Waals surface area contributed by atoms with E-state index >= 15 is 0 Å². The van der Waals surface area contributed by atoms with Crippen LogP contribution in [0.4, 0.5) is 8.78 Å². The average Bonchev–Trinajstić information content (AvgIpc) is 2.55. The van der Waals surface area contributed by atoms with Gasteiger partial charge in [-0.05, 0) is 24.4 Å². The molecule has 0 amide bonds. The molecule has 0 fully saturated rings. The summed E-state index contributed by atoms with van der Waals surface area (Å²) in [6.45, 7) is 0. The number of nitrogens with one attached hydrogen (secondary N) is 1. The molecule has 3 nitrogen and oxygen atoms in total. The molecule has 1 aromatic carbocycles. The third-order valence-corrected chi connectivity index (χ3v) is 2.73. The number of benzene rings is 1. The van der Waals surface area contributed by atoms with E-state index in [1.807, 2.05) is 0 Å². The smallest absolute Gasteiger partial charge is 0.194 e. The van der Waals surface area contributed by atoms with Crippen molar-refractivity contribution in [3.63, 3.8) is 0 Å². The summed E-state index contributed by atoms with van der Waals surface area (Å²) in [4.78, 5) is 0. The molecule has 0 spiro atoms. The van der Waals surface area contributed by atoms with E-state index in [2.05, 4.69) is 10.2 Å². The molecule has 1 aromatic heterocycles. The van der Waals surface area contributed by atoms with E-state index in [0.717, 1.165) is 0 Å². The minimum atomic E-state index is -0.575. The van der Waals surface area contributed by atoms with Crippen molar-refractivity contribution in [2.45, 2.75) is 6.42 Å². The van der Waals surface area contributed by atoms with Gasteiger partial charge in [0.15, 0.2) is 4.77 Å². The zero-order valence-corrected chi connectivity index (χ0v) is 9.31. The van der Waals surface area contributed by atoms with Crippen LogP contribution in [0.5, 0.6) is 0 Å². The molecule has 2 rings (SSSR count). The van der Waals surface area contributed by atoms with Gasteiger partial charge in [-0.15, -0.1) is 0 Å². The highest BCUT2D eigenvalue weighted by atomic mass is 32.1. The molecule has 6 heteroatoms. The zero-order chi connectivity index (χ0) is 11.7. The fourth-order valence-electron chi connectivity index (χ4n) is 1.40. The lowest BCUT2D eigenvalue weighted by Crippen LogP contribution is -2.03. The van der Waals surface area contributed by atoms with Crippen molar-refractivity contribution < 1.29 is 8.78 Å². The maximum atomic E-state index is 13.4. The lowest BCUT2D eigenvalue weighted by atomic mass is 10.1. The van der Waals surface area contributed by atoms with Gasteiger partial charge in [-0.25, -0.2) is 8.78 Å². The maximum Gasteiger partial charge on any atom is 0.194 e. The van der Waals surface area contributed by atoms with Crippen LogP contribution in [0.2, 0.25) is 0 Å². The third-order valence-electron chi connectivity index (χ3n) is 2.37. The van der Waals surface area contributed by atoms with Gasteiger partial charge >= 0.3 is 0 Å². The number of nitrogens with zero attached hydrogens (tertiary/aromatic N) is 2. The second-order valence-corrected chi connectivity index (χ2v) is 3.77. The number of H-pyrrole nitrogens is 1. The largest absolute Gasteiger partial charge is 0.307 e. The topological polar surface area (TPSA) is 33.6 Å². The molecule has 0 unspecified atom stereocenters. The van der Waals surface area contributed by atoms with Gasteiger partial charge in [-0.2, -0.15) is 5.10 Å². The molecule has 0 radical (unpaired) electrons. The zero-order valence-electron chi connectivity index (χ0n) is 8.50. The lowest BCUT2D eigenvalue weighted by molar-refractivity contribution is 0.557. The fourth-order valence-corrected chi connectivity index (χ4v) is 1.55. The number of hydrogen-bond donors (Lipinski definition) is 1. The van der Waals surface area contributed by atoms with E-state index in [1.54, 1.807) is 11.6 Å². The molecule has 0 aliphatic heterocycles. The van der Waals surface area contributed by atoms with Crippen molar-refractivity contribution in [1.82, 2.24) is 14.8 Å². The summed E-state index contributed by atoms with van der Waals surface area (Å²) < 4.78 is 28.7. The van der Waals surface area contributed by atoms with Gasteiger partial charge in [0.2, 0.25) is 0 Å². The molecular formula is C10H9F2N3S. The fraction of sp³-hybridized carbons (Fsp3) is 0.200. The Morgan fingerprint density at radius 2 is 2.00 bits per heavy atom. The molecule has 0 aliphatic rings. The SMILES string of the molecule is Cn1c(Cc2c(F)cccc2F)n[nH]c1=S. The molecule has 16 heavy (non-hydrogen) atoms. The van der Waals surface area contributed by atoms with Crippen molar-refractivity contribution in [3.8, 4) is 0 Å². The Bertz CT molecular complexity index is 553. The quantitative estimate of drug-likeness (QED) is 0.819. The molecule has 0 saturated heterocycles. The van der Waals surface area contributed by atoms with Gasteiger partial charge < -0.3 is 4.57 Å². The Labute approximate surface area is 95.7 Å². The van der Waals surface area contributed by atoms with Crippen LogP contribution in [0.15, 0.2) is 18.2 Å². The van der Waals surface area contributed by atoms with Crippen LogP contribution in [-0.2, 0) is 13.5 Å². The van der Waals surface area contributed by atoms with E-state index in [9.17, 15) is 8.78 Å². The van der Waals surface area contributed by atoms with Crippen LogP contribution in [0.1, 0.15) is 11.4 Å². The summed E-state index contributed by atoms with van der Waals surface area (Å²) in [7, 11) is 1.69. The van der Waals surface area contributed by atoms with E-state index in [1.165, 1.54) is 18.2 Å². The molecule has 2 aromatic rings. The van der Waals surface area contributed by atoms with Crippen LogP contribution < -0.4 is 0 Å². The molecule has 0 bridgehead atoms. The Hall–Kier alpha value is -1.56. The Morgan fingerprint density at radius 1 is 1.38 bits per heavy atom. The van der Waals surface area contributed by atoms with Gasteiger partial charge in [0.25, 0.3) is 0 Å². The van der Waals surface area contributed by atoms with Crippen LogP contribution in [0, 0.1) is 16.4 Å². The average molecular weight is 241 g/mol. The molecule has 0 saturated carbocycles. The highest BCUT2D eigenvalue weighted by molar-refractivity contribution is 7.71. The van der Waals surface area contributed by atoms with Crippen molar-refractivity contribution in [2.24, 2.45) is 7.05 Å². The highest BCUT2D eigenvalue weighted by Crippen LogP contribution is 2.15. The van der Waals surface area contributed by atoms with Crippen LogP contribution in [0.3, 0.4) is 0 Å². The van der Waals surface area contributed by atoms with Crippen molar-refractivity contribution in [3.05, 3.63) is 46.0 Å². The predicted molar refractivity (Wildman–Crippen MR) is 57.6 cm³/mol. The highest BCUT2D eigenvalue weighted by Gasteiger charge is 2.12. The summed E-state index contributed by atoms with van der Waals surface area (Å²) in [5.41, 5.74) is -0.000370. The van der Waals surface area contributed by atoms with Gasteiger partial charge in [0.05, 0.1) is 0 Å². The van der Waals surface area contributed by atoms with Crippen molar-refractivity contribution in [2.75, 3.05) is 0 Å². The van der Waals surface area contributed by atoms with Crippen LogP contribution in [0.25, 0.3) is 0 Å². The molecule has 1 N–H and O–H groups in total. The van der Waals surface area contributed by atoms with Crippen LogP contribution >= 0.6 is 12.2 Å². The van der Waals surface area contributed by atoms with Crippen LogP contribution in [-0.4, -0.2) is 14.8 Å². The molecule has 1 heterocycles. The van der Waals surface area contributed by atoms with Gasteiger partial charge in [0.1, 0.15) is 17.5 Å². The number of halogens is 2. The third kappa shape index (κ3) is 1.88. The first kappa shape index (κ1) is 10.9. The molecule has 84 valence electrons. The summed E-state index contributed by atoms with van der Waals surface area (Å²) in [6, 6.07) is 3.77. The van der Waals surface area contributed by atoms with Crippen molar-refractivity contribution >= 4 is 12.2 Å². The van der Waals surface area contributed by atoms with E-state index < -0.39 is 11.6 Å². The summed E-state index contributed by atoms with van der Waals surface area (Å²) in [6.07, 6.45) is 0.0716. The minimum Gasteiger partial charge on any atom is -0.307 e. The molecule has 0 atom stereocenters. The lowest BCUT2D eigenvalue weighted by Gasteiger charge is -2.03. The number of rotatable bonds is 2. The summed E-state index contributed by atoms with van der Waals surface area (Å²) >= 11 is 4.91. The first-order chi connectivity index (χ1) is 7.59. The second kappa shape index (κ2) is 4.13. The van der Waals surface area contributed by atoms with E-state index in [-0.39, 0.29) is 12.0 Å². The van der Waals surface area contributed by atoms with Gasteiger partial charge in [0, 0.05) is 19.0 Å². The summed E-state index contributed by atoms with van der Waals surface area (Å²) in [5.74, 6) is -0.656. The monoisotopic (exact) mass is 241 g/mol. The Morgan fingerprint density at radius 3 is 2.50 bits per heavy atom. The number of aromatic nitrogens is 3. The second-order valence-electron chi connectivity index (χ2n) is 3.38. The maximum absolute atomic E-state index is 13.4. The molecular weight excluding hydrogens is 232 g/mol. The van der Waals surface area contributed by atoms with Gasteiger partial charge in [-0.3, -0.25) is 5.10 Å². The normalized spacial score (nSPS) is 10.7. The first-order valence-corrected chi connectivity index (χ1v) is 5.03. The number of aromatic amines is 1. The standard InChI is InChI=1S/C10H9F2N3S/c1-15-9(13-14-10(15)16)5-6-7(11)3-2-4-8(6)12/h2-4H,5H2,1H3,(H,14,16). The first-order valence-electron chi connectivity index (χ1n) is 4.62.